The zero-order valence-electron chi connectivity index (χ0n) is 9.67. The first-order valence-electron chi connectivity index (χ1n) is 5.20. The average molecular weight is 255 g/mol. The van der Waals surface area contributed by atoms with Crippen molar-refractivity contribution in [2.45, 2.75) is 45.3 Å². The Morgan fingerprint density at radius 1 is 1.29 bits per heavy atom. The molecule has 0 heterocycles. The fourth-order valence-electron chi connectivity index (χ4n) is 1.21. The molecule has 0 unspecified atom stereocenters. The summed E-state index contributed by atoms with van der Waals surface area (Å²) in [5.41, 5.74) is 0. The van der Waals surface area contributed by atoms with E-state index < -0.39 is 36.9 Å². The van der Waals surface area contributed by atoms with Crippen LogP contribution >= 0.6 is 0 Å². The summed E-state index contributed by atoms with van der Waals surface area (Å²) in [5.74, 6) is -2.10. The van der Waals surface area contributed by atoms with E-state index in [9.17, 15) is 22.8 Å². The first-order valence-corrected chi connectivity index (χ1v) is 5.20. The molecule has 0 aromatic carbocycles. The number of nitrogens with one attached hydrogen (secondary N) is 1. The number of carbonyl (C=O) groups is 2. The summed E-state index contributed by atoms with van der Waals surface area (Å²) < 4.78 is 35.5. The highest BCUT2D eigenvalue weighted by atomic mass is 19.4. The second-order valence-corrected chi connectivity index (χ2v) is 4.20. The minimum absolute atomic E-state index is 0.0269. The molecule has 0 saturated carbocycles. The second-order valence-electron chi connectivity index (χ2n) is 4.20. The van der Waals surface area contributed by atoms with Gasteiger partial charge in [-0.05, 0) is 12.3 Å². The zero-order valence-corrected chi connectivity index (χ0v) is 9.67. The van der Waals surface area contributed by atoms with Gasteiger partial charge in [-0.3, -0.25) is 4.79 Å². The van der Waals surface area contributed by atoms with Gasteiger partial charge >= 0.3 is 12.1 Å². The summed E-state index contributed by atoms with van der Waals surface area (Å²) in [6.07, 6.45) is -6.21. The molecule has 4 nitrogen and oxygen atoms in total. The number of carboxylic acid groups (broad SMARTS) is 1. The van der Waals surface area contributed by atoms with Crippen molar-refractivity contribution < 1.29 is 27.9 Å². The van der Waals surface area contributed by atoms with Gasteiger partial charge in [-0.15, -0.1) is 0 Å². The van der Waals surface area contributed by atoms with Crippen LogP contribution in [0.5, 0.6) is 0 Å². The van der Waals surface area contributed by atoms with Crippen molar-refractivity contribution in [1.29, 1.82) is 0 Å². The number of aliphatic carboxylic acids is 1. The monoisotopic (exact) mass is 255 g/mol. The lowest BCUT2D eigenvalue weighted by Crippen LogP contribution is -2.41. The molecule has 2 N–H and O–H groups in total. The zero-order chi connectivity index (χ0) is 13.6. The third-order valence-electron chi connectivity index (χ3n) is 1.98. The van der Waals surface area contributed by atoms with Gasteiger partial charge in [0.15, 0.2) is 0 Å². The highest BCUT2D eigenvalue weighted by Crippen LogP contribution is 2.21. The Labute approximate surface area is 97.2 Å². The van der Waals surface area contributed by atoms with Crippen molar-refractivity contribution >= 4 is 11.9 Å². The molecule has 0 aliphatic rings. The maximum atomic E-state index is 11.8. The molecule has 0 fully saturated rings. The first-order chi connectivity index (χ1) is 7.61. The molecule has 0 aliphatic heterocycles. The largest absolute Gasteiger partial charge is 0.480 e. The summed E-state index contributed by atoms with van der Waals surface area (Å²) in [5, 5.41) is 10.8. The van der Waals surface area contributed by atoms with Gasteiger partial charge in [-0.1, -0.05) is 13.8 Å². The Hall–Kier alpha value is -1.27. The van der Waals surface area contributed by atoms with E-state index in [2.05, 4.69) is 5.32 Å². The van der Waals surface area contributed by atoms with Crippen molar-refractivity contribution in [2.24, 2.45) is 5.92 Å². The molecule has 100 valence electrons. The minimum atomic E-state index is -4.41. The van der Waals surface area contributed by atoms with E-state index in [0.29, 0.717) is 0 Å². The molecule has 0 radical (unpaired) electrons. The molecule has 7 heteroatoms. The molecular formula is C10H16F3NO3. The van der Waals surface area contributed by atoms with E-state index in [4.69, 9.17) is 5.11 Å². The van der Waals surface area contributed by atoms with Crippen LogP contribution in [-0.4, -0.2) is 29.2 Å². The van der Waals surface area contributed by atoms with Gasteiger partial charge in [0.05, 0.1) is 6.42 Å². The van der Waals surface area contributed by atoms with Gasteiger partial charge in [-0.2, -0.15) is 13.2 Å². The number of amides is 1. The maximum Gasteiger partial charge on any atom is 0.389 e. The van der Waals surface area contributed by atoms with Crippen molar-refractivity contribution in [3.8, 4) is 0 Å². The standard InChI is InChI=1S/C10H16F3NO3/c1-6(2)5-7(9(16)17)14-8(15)3-4-10(11,12)13/h6-7H,3-5H2,1-2H3,(H,14,15)(H,16,17)/t7-/m1/s1. The van der Waals surface area contributed by atoms with Gasteiger partial charge in [0.1, 0.15) is 6.04 Å². The summed E-state index contributed by atoms with van der Waals surface area (Å²) in [7, 11) is 0. The Kier molecular flexibility index (Phi) is 5.98. The summed E-state index contributed by atoms with van der Waals surface area (Å²) in [6.45, 7) is 3.52. The smallest absolute Gasteiger partial charge is 0.389 e. The van der Waals surface area contributed by atoms with Gasteiger partial charge in [0.25, 0.3) is 0 Å². The number of carbonyl (C=O) groups excluding carboxylic acids is 1. The summed E-state index contributed by atoms with van der Waals surface area (Å²) in [6, 6.07) is -1.13. The molecule has 0 aliphatic carbocycles. The van der Waals surface area contributed by atoms with Crippen LogP contribution in [0.1, 0.15) is 33.1 Å². The highest BCUT2D eigenvalue weighted by molar-refractivity contribution is 5.83. The predicted octanol–water partition coefficient (Wildman–Crippen LogP) is 1.94. The molecule has 0 rings (SSSR count). The molecule has 0 aromatic rings. The normalized spacial score (nSPS) is 13.5. The minimum Gasteiger partial charge on any atom is -0.480 e. The number of hydrogen-bond donors (Lipinski definition) is 2. The van der Waals surface area contributed by atoms with Crippen molar-refractivity contribution in [3.05, 3.63) is 0 Å². The third kappa shape index (κ3) is 8.53. The topological polar surface area (TPSA) is 66.4 Å². The summed E-state index contributed by atoms with van der Waals surface area (Å²) >= 11 is 0. The molecule has 0 spiro atoms. The van der Waals surface area contributed by atoms with Crippen molar-refractivity contribution in [3.63, 3.8) is 0 Å². The van der Waals surface area contributed by atoms with Crippen LogP contribution in [0.3, 0.4) is 0 Å². The van der Waals surface area contributed by atoms with Gasteiger partial charge in [0, 0.05) is 6.42 Å². The van der Waals surface area contributed by atoms with Gasteiger partial charge < -0.3 is 10.4 Å². The maximum absolute atomic E-state index is 11.8. The Bertz CT molecular complexity index is 276. The first kappa shape index (κ1) is 15.7. The number of hydrogen-bond acceptors (Lipinski definition) is 2. The Morgan fingerprint density at radius 2 is 1.82 bits per heavy atom. The van der Waals surface area contributed by atoms with Crippen LogP contribution in [0, 0.1) is 5.92 Å². The van der Waals surface area contributed by atoms with Crippen LogP contribution in [-0.2, 0) is 9.59 Å². The number of carboxylic acids is 1. The van der Waals surface area contributed by atoms with E-state index in [0.717, 1.165) is 0 Å². The number of alkyl halides is 3. The second kappa shape index (κ2) is 6.46. The molecular weight excluding hydrogens is 239 g/mol. The number of rotatable bonds is 6. The molecule has 1 atom stereocenters. The molecule has 0 bridgehead atoms. The SMILES string of the molecule is CC(C)C[C@@H](NC(=O)CCC(F)(F)F)C(=O)O. The molecule has 0 aromatic heterocycles. The Balaban J connectivity index is 4.18. The number of halogens is 3. The predicted molar refractivity (Wildman–Crippen MR) is 54.3 cm³/mol. The third-order valence-corrected chi connectivity index (χ3v) is 1.98. The lowest BCUT2D eigenvalue weighted by atomic mass is 10.0. The fraction of sp³-hybridized carbons (Fsp3) is 0.800. The van der Waals surface area contributed by atoms with Crippen LogP contribution in [0.2, 0.25) is 0 Å². The lowest BCUT2D eigenvalue weighted by molar-refractivity contribution is -0.147. The van der Waals surface area contributed by atoms with E-state index in [1.807, 2.05) is 0 Å². The average Bonchev–Trinajstić information content (AvgIpc) is 2.11. The molecule has 1 amide bonds. The quantitative estimate of drug-likeness (QED) is 0.762. The summed E-state index contributed by atoms with van der Waals surface area (Å²) in [4.78, 5) is 21.8. The van der Waals surface area contributed by atoms with Crippen molar-refractivity contribution in [2.75, 3.05) is 0 Å². The Morgan fingerprint density at radius 3 is 2.18 bits per heavy atom. The van der Waals surface area contributed by atoms with Crippen LogP contribution in [0.25, 0.3) is 0 Å². The molecule has 0 saturated heterocycles. The van der Waals surface area contributed by atoms with E-state index >= 15 is 0 Å². The van der Waals surface area contributed by atoms with Gasteiger partial charge in [-0.25, -0.2) is 4.79 Å². The van der Waals surface area contributed by atoms with E-state index in [1.54, 1.807) is 13.8 Å². The van der Waals surface area contributed by atoms with Crippen LogP contribution in [0.4, 0.5) is 13.2 Å². The highest BCUT2D eigenvalue weighted by Gasteiger charge is 2.29. The molecule has 17 heavy (non-hydrogen) atoms. The van der Waals surface area contributed by atoms with Crippen LogP contribution < -0.4 is 5.32 Å². The van der Waals surface area contributed by atoms with Gasteiger partial charge in [0.2, 0.25) is 5.91 Å². The fourth-order valence-corrected chi connectivity index (χ4v) is 1.21. The van der Waals surface area contributed by atoms with E-state index in [1.165, 1.54) is 0 Å². The van der Waals surface area contributed by atoms with Crippen LogP contribution in [0.15, 0.2) is 0 Å². The lowest BCUT2D eigenvalue weighted by Gasteiger charge is -2.16. The van der Waals surface area contributed by atoms with Crippen molar-refractivity contribution in [1.82, 2.24) is 5.32 Å². The van der Waals surface area contributed by atoms with E-state index in [-0.39, 0.29) is 12.3 Å².